The van der Waals surface area contributed by atoms with Gasteiger partial charge in [-0.15, -0.1) is 11.3 Å². The first kappa shape index (κ1) is 15.5. The van der Waals surface area contributed by atoms with Crippen molar-refractivity contribution in [1.82, 2.24) is 15.5 Å². The van der Waals surface area contributed by atoms with Gasteiger partial charge < -0.3 is 9.84 Å². The van der Waals surface area contributed by atoms with E-state index in [0.717, 1.165) is 17.2 Å². The predicted octanol–water partition coefficient (Wildman–Crippen LogP) is 3.70. The Morgan fingerprint density at radius 2 is 2.24 bits per heavy atom. The number of amides is 2. The number of thiazole rings is 1. The van der Waals surface area contributed by atoms with Gasteiger partial charge in [-0.3, -0.25) is 5.32 Å². The third kappa shape index (κ3) is 4.04. The highest BCUT2D eigenvalue weighted by Gasteiger charge is 2.21. The lowest BCUT2D eigenvalue weighted by atomic mass is 9.93. The molecule has 0 aliphatic rings. The molecule has 0 aliphatic carbocycles. The van der Waals surface area contributed by atoms with E-state index < -0.39 is 0 Å². The average Bonchev–Trinajstić information content (AvgIpc) is 3.05. The molecule has 114 valence electrons. The molecule has 0 bridgehead atoms. The zero-order valence-corrected chi connectivity index (χ0v) is 13.5. The van der Waals surface area contributed by atoms with Crippen molar-refractivity contribution in [3.63, 3.8) is 0 Å². The van der Waals surface area contributed by atoms with Crippen molar-refractivity contribution in [2.45, 2.75) is 45.6 Å². The number of hydrogen-bond acceptors (Lipinski definition) is 5. The number of hydrogen-bond donors (Lipinski definition) is 2. The second kappa shape index (κ2) is 6.26. The number of carbonyl (C=O) groups excluding carboxylic acids is 1. The molecular formula is C14H20N4O2S. The standard InChI is InChI=1S/C14H20N4O2S/c1-5-9(12-15-6-7-21-12)16-13(19)17-11-8-10(20-18-11)14(2,3)4/h6-9H,5H2,1-4H3,(H2,16,17,18,19)/t9-/m1/s1. The van der Waals surface area contributed by atoms with Crippen LogP contribution in [0.15, 0.2) is 22.2 Å². The molecule has 1 atom stereocenters. The van der Waals surface area contributed by atoms with E-state index in [1.54, 1.807) is 12.3 Å². The third-order valence-electron chi connectivity index (χ3n) is 2.95. The number of rotatable bonds is 4. The zero-order valence-electron chi connectivity index (χ0n) is 12.6. The van der Waals surface area contributed by atoms with Gasteiger partial charge in [0, 0.05) is 23.1 Å². The van der Waals surface area contributed by atoms with Crippen molar-refractivity contribution < 1.29 is 9.32 Å². The Morgan fingerprint density at radius 1 is 1.48 bits per heavy atom. The maximum atomic E-state index is 12.0. The summed E-state index contributed by atoms with van der Waals surface area (Å²) in [7, 11) is 0. The van der Waals surface area contributed by atoms with E-state index in [2.05, 4.69) is 20.8 Å². The van der Waals surface area contributed by atoms with Crippen LogP contribution < -0.4 is 10.6 Å². The molecule has 2 N–H and O–H groups in total. The highest BCUT2D eigenvalue weighted by Crippen LogP contribution is 2.24. The summed E-state index contributed by atoms with van der Waals surface area (Å²) in [5.41, 5.74) is -0.143. The van der Waals surface area contributed by atoms with Gasteiger partial charge in [-0.25, -0.2) is 9.78 Å². The molecule has 0 saturated heterocycles. The van der Waals surface area contributed by atoms with E-state index in [4.69, 9.17) is 4.52 Å². The van der Waals surface area contributed by atoms with E-state index in [1.165, 1.54) is 11.3 Å². The van der Waals surface area contributed by atoms with Gasteiger partial charge in [-0.1, -0.05) is 32.9 Å². The molecule has 0 spiro atoms. The topological polar surface area (TPSA) is 80.0 Å². The molecule has 2 amide bonds. The molecular weight excluding hydrogens is 288 g/mol. The molecule has 0 aromatic carbocycles. The minimum atomic E-state index is -0.314. The third-order valence-corrected chi connectivity index (χ3v) is 3.84. The fourth-order valence-electron chi connectivity index (χ4n) is 1.74. The Labute approximate surface area is 127 Å². The van der Waals surface area contributed by atoms with Gasteiger partial charge >= 0.3 is 6.03 Å². The zero-order chi connectivity index (χ0) is 15.5. The Morgan fingerprint density at radius 3 is 2.76 bits per heavy atom. The molecule has 0 fully saturated rings. The lowest BCUT2D eigenvalue weighted by Gasteiger charge is -2.14. The lowest BCUT2D eigenvalue weighted by Crippen LogP contribution is -2.32. The minimum Gasteiger partial charge on any atom is -0.359 e. The summed E-state index contributed by atoms with van der Waals surface area (Å²) in [5, 5.41) is 12.2. The van der Waals surface area contributed by atoms with Crippen molar-refractivity contribution in [3.8, 4) is 0 Å². The molecule has 2 rings (SSSR count). The van der Waals surface area contributed by atoms with Gasteiger partial charge in [0.2, 0.25) is 0 Å². The fraction of sp³-hybridized carbons (Fsp3) is 0.500. The number of urea groups is 1. The summed E-state index contributed by atoms with van der Waals surface area (Å²) in [6, 6.07) is 1.33. The number of carbonyl (C=O) groups is 1. The Kier molecular flexibility index (Phi) is 4.62. The van der Waals surface area contributed by atoms with Gasteiger partial charge in [0.25, 0.3) is 0 Å². The van der Waals surface area contributed by atoms with Crippen molar-refractivity contribution in [1.29, 1.82) is 0 Å². The number of nitrogens with one attached hydrogen (secondary N) is 2. The van der Waals surface area contributed by atoms with Gasteiger partial charge in [0.15, 0.2) is 5.82 Å². The minimum absolute atomic E-state index is 0.0982. The number of nitrogens with zero attached hydrogens (tertiary/aromatic N) is 2. The van der Waals surface area contributed by atoms with Crippen LogP contribution in [-0.4, -0.2) is 16.2 Å². The molecule has 2 heterocycles. The van der Waals surface area contributed by atoms with Gasteiger partial charge in [0.05, 0.1) is 6.04 Å². The maximum absolute atomic E-state index is 12.0. The first-order valence-electron chi connectivity index (χ1n) is 6.84. The van der Waals surface area contributed by atoms with Crippen molar-refractivity contribution in [3.05, 3.63) is 28.4 Å². The van der Waals surface area contributed by atoms with Crippen LogP contribution in [0.5, 0.6) is 0 Å². The second-order valence-corrected chi connectivity index (χ2v) is 6.68. The molecule has 0 unspecified atom stereocenters. The van der Waals surface area contributed by atoms with E-state index in [1.807, 2.05) is 33.1 Å². The molecule has 6 nitrogen and oxygen atoms in total. The van der Waals surface area contributed by atoms with Crippen LogP contribution in [0, 0.1) is 0 Å². The van der Waals surface area contributed by atoms with Gasteiger partial charge in [0.1, 0.15) is 10.8 Å². The summed E-state index contributed by atoms with van der Waals surface area (Å²) < 4.78 is 5.23. The number of aromatic nitrogens is 2. The molecule has 2 aromatic rings. The van der Waals surface area contributed by atoms with Crippen molar-refractivity contribution in [2.75, 3.05) is 5.32 Å². The summed E-state index contributed by atoms with van der Waals surface area (Å²) in [5.74, 6) is 1.14. The highest BCUT2D eigenvalue weighted by molar-refractivity contribution is 7.09. The summed E-state index contributed by atoms with van der Waals surface area (Å²) in [6.07, 6.45) is 2.50. The van der Waals surface area contributed by atoms with E-state index in [-0.39, 0.29) is 17.5 Å². The lowest BCUT2D eigenvalue weighted by molar-refractivity contribution is 0.248. The maximum Gasteiger partial charge on any atom is 0.321 e. The second-order valence-electron chi connectivity index (χ2n) is 5.76. The summed E-state index contributed by atoms with van der Waals surface area (Å²) in [4.78, 5) is 16.2. The summed E-state index contributed by atoms with van der Waals surface area (Å²) in [6.45, 7) is 8.06. The smallest absolute Gasteiger partial charge is 0.321 e. The van der Waals surface area contributed by atoms with E-state index in [0.29, 0.717) is 5.82 Å². The first-order chi connectivity index (χ1) is 9.90. The van der Waals surface area contributed by atoms with Gasteiger partial charge in [-0.05, 0) is 6.42 Å². The Hall–Kier alpha value is -1.89. The molecule has 21 heavy (non-hydrogen) atoms. The van der Waals surface area contributed by atoms with Crippen LogP contribution in [0.3, 0.4) is 0 Å². The quantitative estimate of drug-likeness (QED) is 0.902. The van der Waals surface area contributed by atoms with Crippen LogP contribution in [0.4, 0.5) is 10.6 Å². The fourth-order valence-corrected chi connectivity index (χ4v) is 2.52. The van der Waals surface area contributed by atoms with Crippen LogP contribution in [0.2, 0.25) is 0 Å². The predicted molar refractivity (Wildman–Crippen MR) is 82.5 cm³/mol. The SMILES string of the molecule is CC[C@@H](NC(=O)Nc1cc(C(C)(C)C)on1)c1nccs1. The molecule has 0 aliphatic heterocycles. The van der Waals surface area contributed by atoms with Crippen LogP contribution in [-0.2, 0) is 5.41 Å². The molecule has 0 saturated carbocycles. The largest absolute Gasteiger partial charge is 0.359 e. The van der Waals surface area contributed by atoms with E-state index in [9.17, 15) is 4.79 Å². The van der Waals surface area contributed by atoms with Crippen LogP contribution in [0.25, 0.3) is 0 Å². The van der Waals surface area contributed by atoms with Crippen molar-refractivity contribution in [2.24, 2.45) is 0 Å². The molecule has 2 aromatic heterocycles. The normalized spacial score (nSPS) is 13.0. The molecule has 0 radical (unpaired) electrons. The summed E-state index contributed by atoms with van der Waals surface area (Å²) >= 11 is 1.52. The Bertz CT molecular complexity index is 586. The van der Waals surface area contributed by atoms with Crippen LogP contribution in [0.1, 0.15) is 50.9 Å². The number of anilines is 1. The average molecular weight is 308 g/mol. The monoisotopic (exact) mass is 308 g/mol. The van der Waals surface area contributed by atoms with E-state index >= 15 is 0 Å². The van der Waals surface area contributed by atoms with Crippen LogP contribution >= 0.6 is 11.3 Å². The van der Waals surface area contributed by atoms with Crippen molar-refractivity contribution >= 4 is 23.2 Å². The highest BCUT2D eigenvalue weighted by atomic mass is 32.1. The Balaban J connectivity index is 1.97. The van der Waals surface area contributed by atoms with Gasteiger partial charge in [-0.2, -0.15) is 0 Å². The first-order valence-corrected chi connectivity index (χ1v) is 7.72. The molecule has 7 heteroatoms.